The van der Waals surface area contributed by atoms with Crippen LogP contribution >= 0.6 is 0 Å². The van der Waals surface area contributed by atoms with Gasteiger partial charge in [-0.2, -0.15) is 0 Å². The van der Waals surface area contributed by atoms with E-state index in [4.69, 9.17) is 9.47 Å². The highest BCUT2D eigenvalue weighted by atomic mass is 16.5. The van der Waals surface area contributed by atoms with Crippen molar-refractivity contribution >= 4 is 18.0 Å². The lowest BCUT2D eigenvalue weighted by atomic mass is 9.79. The second kappa shape index (κ2) is 12.3. The highest BCUT2D eigenvalue weighted by Gasteiger charge is 2.38. The average Bonchev–Trinajstić information content (AvgIpc) is 3.26. The molecule has 3 atom stereocenters. The summed E-state index contributed by atoms with van der Waals surface area (Å²) in [6, 6.07) is 23.4. The van der Waals surface area contributed by atoms with Crippen LogP contribution in [-0.2, 0) is 25.7 Å². The van der Waals surface area contributed by atoms with Crippen LogP contribution < -0.4 is 10.6 Å². The van der Waals surface area contributed by atoms with Gasteiger partial charge in [-0.1, -0.05) is 85.3 Å². The number of benzene rings is 3. The van der Waals surface area contributed by atoms with Crippen molar-refractivity contribution in [3.05, 3.63) is 95.6 Å². The van der Waals surface area contributed by atoms with Crippen LogP contribution in [0.15, 0.2) is 78.9 Å². The summed E-state index contributed by atoms with van der Waals surface area (Å²) >= 11 is 0. The van der Waals surface area contributed by atoms with Crippen LogP contribution in [0.3, 0.4) is 0 Å². The van der Waals surface area contributed by atoms with Crippen molar-refractivity contribution in [2.45, 2.75) is 56.9 Å². The van der Waals surface area contributed by atoms with Gasteiger partial charge < -0.3 is 25.2 Å². The van der Waals surface area contributed by atoms with E-state index in [9.17, 15) is 19.5 Å². The topological polar surface area (TPSA) is 114 Å². The third-order valence-corrected chi connectivity index (χ3v) is 7.91. The Morgan fingerprint density at radius 3 is 2.05 bits per heavy atom. The molecule has 2 aliphatic carbocycles. The lowest BCUT2D eigenvalue weighted by molar-refractivity contribution is -0.147. The minimum absolute atomic E-state index is 0.0875. The fourth-order valence-corrected chi connectivity index (χ4v) is 5.46. The number of fused-ring (bicyclic) bond motifs is 3. The van der Waals surface area contributed by atoms with Gasteiger partial charge in [-0.15, -0.1) is 0 Å². The molecule has 40 heavy (non-hydrogen) atoms. The monoisotopic (exact) mass is 542 g/mol. The van der Waals surface area contributed by atoms with Gasteiger partial charge in [0.05, 0.1) is 12.7 Å². The van der Waals surface area contributed by atoms with Crippen molar-refractivity contribution in [3.8, 4) is 11.1 Å². The molecule has 3 aromatic rings. The standard InChI is InChI=1S/C32H34N2O6/c1-20(39-18-21-10-3-2-4-11-21)28(31(36)37)33-30(35)29(22-12-9-13-22)34-32(38)40-19-27-25-16-7-5-14-23(25)24-15-6-8-17-26(24)27/h2-8,10-11,14-17,20,22,27-29H,9,12-13,18-19H2,1H3,(H,33,35)(H,34,38)(H,36,37)/t20-,28+,29?/m1/s1. The van der Waals surface area contributed by atoms with Gasteiger partial charge >= 0.3 is 12.1 Å². The van der Waals surface area contributed by atoms with E-state index in [1.54, 1.807) is 6.92 Å². The zero-order valence-electron chi connectivity index (χ0n) is 22.4. The molecule has 1 fully saturated rings. The smallest absolute Gasteiger partial charge is 0.407 e. The van der Waals surface area contributed by atoms with Gasteiger partial charge in [0, 0.05) is 5.92 Å². The third kappa shape index (κ3) is 6.02. The zero-order valence-corrected chi connectivity index (χ0v) is 22.4. The summed E-state index contributed by atoms with van der Waals surface area (Å²) in [4.78, 5) is 38.3. The van der Waals surface area contributed by atoms with Crippen molar-refractivity contribution in [3.63, 3.8) is 0 Å². The highest BCUT2D eigenvalue weighted by Crippen LogP contribution is 2.44. The van der Waals surface area contributed by atoms with E-state index < -0.39 is 36.2 Å². The van der Waals surface area contributed by atoms with Crippen LogP contribution in [-0.4, -0.2) is 47.9 Å². The number of rotatable bonds is 11. The van der Waals surface area contributed by atoms with E-state index in [1.807, 2.05) is 66.7 Å². The summed E-state index contributed by atoms with van der Waals surface area (Å²) in [7, 11) is 0. The van der Waals surface area contributed by atoms with Crippen LogP contribution in [0, 0.1) is 5.92 Å². The van der Waals surface area contributed by atoms with Gasteiger partial charge in [0.1, 0.15) is 12.6 Å². The van der Waals surface area contributed by atoms with Gasteiger partial charge in [0.15, 0.2) is 6.04 Å². The summed E-state index contributed by atoms with van der Waals surface area (Å²) < 4.78 is 11.4. The minimum Gasteiger partial charge on any atom is -0.480 e. The maximum atomic E-state index is 13.3. The van der Waals surface area contributed by atoms with E-state index >= 15 is 0 Å². The Hall–Kier alpha value is -4.17. The van der Waals surface area contributed by atoms with Crippen LogP contribution in [0.2, 0.25) is 0 Å². The number of ether oxygens (including phenoxy) is 2. The Morgan fingerprint density at radius 1 is 0.875 bits per heavy atom. The molecule has 0 radical (unpaired) electrons. The van der Waals surface area contributed by atoms with Crippen molar-refractivity contribution in [2.24, 2.45) is 5.92 Å². The largest absolute Gasteiger partial charge is 0.480 e. The first-order valence-corrected chi connectivity index (χ1v) is 13.7. The van der Waals surface area contributed by atoms with Crippen LogP contribution in [0.1, 0.15) is 48.8 Å². The fourth-order valence-electron chi connectivity index (χ4n) is 5.46. The number of carbonyl (C=O) groups is 3. The molecule has 0 aliphatic heterocycles. The molecule has 2 amide bonds. The molecule has 0 aromatic heterocycles. The van der Waals surface area contributed by atoms with E-state index in [-0.39, 0.29) is 25.0 Å². The molecule has 0 spiro atoms. The van der Waals surface area contributed by atoms with Crippen molar-refractivity contribution in [1.82, 2.24) is 10.6 Å². The Balaban J connectivity index is 1.21. The lowest BCUT2D eigenvalue weighted by Gasteiger charge is -2.34. The molecule has 0 heterocycles. The van der Waals surface area contributed by atoms with Gasteiger partial charge in [-0.05, 0) is 53.5 Å². The number of hydrogen-bond acceptors (Lipinski definition) is 5. The number of alkyl carbamates (subject to hydrolysis) is 1. The summed E-state index contributed by atoms with van der Waals surface area (Å²) in [5.74, 6) is -1.95. The Labute approximate surface area is 233 Å². The van der Waals surface area contributed by atoms with E-state index in [2.05, 4.69) is 22.8 Å². The third-order valence-electron chi connectivity index (χ3n) is 7.91. The first-order chi connectivity index (χ1) is 19.4. The molecule has 208 valence electrons. The predicted molar refractivity (Wildman–Crippen MR) is 150 cm³/mol. The van der Waals surface area contributed by atoms with Gasteiger partial charge in [0.2, 0.25) is 5.91 Å². The van der Waals surface area contributed by atoms with E-state index in [0.29, 0.717) is 0 Å². The summed E-state index contributed by atoms with van der Waals surface area (Å²) in [5.41, 5.74) is 5.34. The van der Waals surface area contributed by atoms with Crippen LogP contribution in [0.25, 0.3) is 11.1 Å². The van der Waals surface area contributed by atoms with Gasteiger partial charge in [-0.3, -0.25) is 4.79 Å². The van der Waals surface area contributed by atoms with Crippen molar-refractivity contribution in [2.75, 3.05) is 6.61 Å². The first kappa shape index (κ1) is 27.4. The Morgan fingerprint density at radius 2 is 1.48 bits per heavy atom. The lowest BCUT2D eigenvalue weighted by Crippen LogP contribution is -2.58. The predicted octanol–water partition coefficient (Wildman–Crippen LogP) is 4.87. The molecule has 8 heteroatoms. The van der Waals surface area contributed by atoms with Gasteiger partial charge in [0.25, 0.3) is 0 Å². The van der Waals surface area contributed by atoms with Crippen LogP contribution in [0.5, 0.6) is 0 Å². The highest BCUT2D eigenvalue weighted by molar-refractivity contribution is 5.90. The van der Waals surface area contributed by atoms with Gasteiger partial charge in [-0.25, -0.2) is 9.59 Å². The molecule has 0 bridgehead atoms. The molecule has 1 saturated carbocycles. The molecular formula is C32H34N2O6. The molecule has 0 saturated heterocycles. The number of hydrogen-bond donors (Lipinski definition) is 3. The van der Waals surface area contributed by atoms with Crippen molar-refractivity contribution < 1.29 is 29.0 Å². The number of carboxylic acids is 1. The second-order valence-corrected chi connectivity index (χ2v) is 10.5. The zero-order chi connectivity index (χ0) is 28.1. The molecule has 3 aromatic carbocycles. The summed E-state index contributed by atoms with van der Waals surface area (Å²) in [6.45, 7) is 1.95. The summed E-state index contributed by atoms with van der Waals surface area (Å²) in [5, 5.41) is 15.1. The average molecular weight is 543 g/mol. The quantitative estimate of drug-likeness (QED) is 0.319. The Kier molecular flexibility index (Phi) is 8.45. The maximum absolute atomic E-state index is 13.3. The number of carboxylic acid groups (broad SMARTS) is 1. The minimum atomic E-state index is -1.27. The molecular weight excluding hydrogens is 508 g/mol. The number of nitrogens with one attached hydrogen (secondary N) is 2. The summed E-state index contributed by atoms with van der Waals surface area (Å²) in [6.07, 6.45) is 0.978. The molecule has 3 N–H and O–H groups in total. The second-order valence-electron chi connectivity index (χ2n) is 10.5. The van der Waals surface area contributed by atoms with Crippen LogP contribution in [0.4, 0.5) is 4.79 Å². The normalized spacial score (nSPS) is 16.5. The molecule has 8 nitrogen and oxygen atoms in total. The molecule has 1 unspecified atom stereocenters. The van der Waals surface area contributed by atoms with E-state index in [1.165, 1.54) is 0 Å². The number of carbonyl (C=O) groups excluding carboxylic acids is 2. The molecule has 5 rings (SSSR count). The maximum Gasteiger partial charge on any atom is 0.407 e. The van der Waals surface area contributed by atoms with Crippen molar-refractivity contribution in [1.29, 1.82) is 0 Å². The number of amides is 2. The fraction of sp³-hybridized carbons (Fsp3) is 0.344. The number of aliphatic carboxylic acids is 1. The molecule has 2 aliphatic rings. The Bertz CT molecular complexity index is 1310. The SMILES string of the molecule is C[C@@H](OCc1ccccc1)[C@H](NC(=O)C(NC(=O)OCC1c2ccccc2-c2ccccc21)C1CCC1)C(=O)O. The van der Waals surface area contributed by atoms with E-state index in [0.717, 1.165) is 47.1 Å². The first-order valence-electron chi connectivity index (χ1n) is 13.7.